The lowest BCUT2D eigenvalue weighted by molar-refractivity contribution is -0.119. The largest absolute Gasteiger partial charge is 0.495 e. The highest BCUT2D eigenvalue weighted by atomic mass is 79.9. The molecule has 0 aromatic heterocycles. The van der Waals surface area contributed by atoms with Gasteiger partial charge in [-0.3, -0.25) is 4.79 Å². The number of nitrogens with one attached hydrogen (secondary N) is 2. The Labute approximate surface area is 184 Å². The van der Waals surface area contributed by atoms with E-state index < -0.39 is 0 Å². The summed E-state index contributed by atoms with van der Waals surface area (Å²) in [5.41, 5.74) is 5.08. The summed E-state index contributed by atoms with van der Waals surface area (Å²) in [5.74, 6) is 1.08. The Morgan fingerprint density at radius 3 is 2.47 bits per heavy atom. The van der Waals surface area contributed by atoms with Gasteiger partial charge in [0, 0.05) is 10.0 Å². The molecule has 6 nitrogen and oxygen atoms in total. The number of anilines is 1. The third-order valence-electron chi connectivity index (χ3n) is 4.17. The van der Waals surface area contributed by atoms with E-state index in [9.17, 15) is 4.79 Å². The number of methoxy groups -OCH3 is 1. The molecule has 0 radical (unpaired) electrons. The van der Waals surface area contributed by atoms with Gasteiger partial charge < -0.3 is 14.8 Å². The van der Waals surface area contributed by atoms with Crippen LogP contribution in [0.3, 0.4) is 0 Å². The van der Waals surface area contributed by atoms with E-state index in [2.05, 4.69) is 31.8 Å². The van der Waals surface area contributed by atoms with E-state index >= 15 is 0 Å². The Morgan fingerprint density at radius 2 is 1.70 bits per heavy atom. The predicted octanol–water partition coefficient (Wildman–Crippen LogP) is 4.60. The van der Waals surface area contributed by atoms with E-state index in [-0.39, 0.29) is 12.5 Å². The smallest absolute Gasteiger partial charge is 0.259 e. The molecule has 0 saturated carbocycles. The average Bonchev–Trinajstić information content (AvgIpc) is 2.78. The van der Waals surface area contributed by atoms with Gasteiger partial charge in [-0.1, -0.05) is 52.3 Å². The van der Waals surface area contributed by atoms with Gasteiger partial charge in [0.2, 0.25) is 0 Å². The van der Waals surface area contributed by atoms with Gasteiger partial charge in [0.1, 0.15) is 18.1 Å². The summed E-state index contributed by atoms with van der Waals surface area (Å²) in [6, 6.07) is 22.9. The first-order valence-electron chi connectivity index (χ1n) is 9.31. The molecule has 3 aromatic carbocycles. The third kappa shape index (κ3) is 6.35. The zero-order valence-corrected chi connectivity index (χ0v) is 18.1. The number of halogens is 1. The highest BCUT2D eigenvalue weighted by Gasteiger charge is 2.05. The van der Waals surface area contributed by atoms with E-state index in [1.807, 2.05) is 72.8 Å². The first kappa shape index (κ1) is 21.4. The fraction of sp³-hybridized carbons (Fsp3) is 0.130. The van der Waals surface area contributed by atoms with Crippen LogP contribution in [0.2, 0.25) is 0 Å². The van der Waals surface area contributed by atoms with Crippen molar-refractivity contribution in [3.8, 4) is 11.5 Å². The maximum Gasteiger partial charge on any atom is 0.259 e. The fourth-order valence-corrected chi connectivity index (χ4v) is 2.90. The van der Waals surface area contributed by atoms with Crippen molar-refractivity contribution in [2.75, 3.05) is 19.0 Å². The van der Waals surface area contributed by atoms with Crippen molar-refractivity contribution in [3.05, 3.63) is 88.4 Å². The molecule has 154 valence electrons. The van der Waals surface area contributed by atoms with Crippen molar-refractivity contribution >= 4 is 33.7 Å². The zero-order chi connectivity index (χ0) is 21.2. The number of para-hydroxylation sites is 3. The lowest BCUT2D eigenvalue weighted by Gasteiger charge is -2.10. The summed E-state index contributed by atoms with van der Waals surface area (Å²) < 4.78 is 12.2. The third-order valence-corrected chi connectivity index (χ3v) is 4.69. The normalized spacial score (nSPS) is 10.6. The number of benzene rings is 3. The maximum atomic E-state index is 12.1. The lowest BCUT2D eigenvalue weighted by atomic mass is 10.2. The summed E-state index contributed by atoms with van der Waals surface area (Å²) in [6.45, 7) is 0.507. The molecule has 3 aromatic rings. The van der Waals surface area contributed by atoms with Gasteiger partial charge in [-0.15, -0.1) is 0 Å². The van der Waals surface area contributed by atoms with Crippen LogP contribution in [0, 0.1) is 0 Å². The molecule has 0 aliphatic rings. The van der Waals surface area contributed by atoms with Crippen LogP contribution in [-0.4, -0.2) is 25.8 Å². The van der Waals surface area contributed by atoms with E-state index in [1.54, 1.807) is 13.3 Å². The number of hydrogen-bond acceptors (Lipinski definition) is 5. The molecular weight excluding hydrogens is 446 g/mol. The molecule has 0 atom stereocenters. The van der Waals surface area contributed by atoms with Crippen molar-refractivity contribution in [2.24, 2.45) is 5.10 Å². The number of ether oxygens (including phenoxy) is 2. The topological polar surface area (TPSA) is 72.0 Å². The van der Waals surface area contributed by atoms with Gasteiger partial charge in [-0.2, -0.15) is 5.10 Å². The molecule has 0 saturated heterocycles. The zero-order valence-electron chi connectivity index (χ0n) is 16.5. The van der Waals surface area contributed by atoms with Crippen molar-refractivity contribution < 1.29 is 14.3 Å². The van der Waals surface area contributed by atoms with Gasteiger partial charge in [-0.25, -0.2) is 5.43 Å². The van der Waals surface area contributed by atoms with Gasteiger partial charge in [-0.05, 0) is 42.0 Å². The summed E-state index contributed by atoms with van der Waals surface area (Å²) in [7, 11) is 1.58. The number of amides is 1. The maximum absolute atomic E-state index is 12.1. The summed E-state index contributed by atoms with van der Waals surface area (Å²) in [4.78, 5) is 12.1. The van der Waals surface area contributed by atoms with E-state index in [4.69, 9.17) is 9.47 Å². The molecule has 0 aliphatic carbocycles. The number of nitrogens with zero attached hydrogens (tertiary/aromatic N) is 1. The highest BCUT2D eigenvalue weighted by Crippen LogP contribution is 2.22. The Kier molecular flexibility index (Phi) is 7.86. The van der Waals surface area contributed by atoms with Gasteiger partial charge in [0.15, 0.2) is 0 Å². The van der Waals surface area contributed by atoms with Crippen LogP contribution in [0.15, 0.2) is 82.4 Å². The minimum absolute atomic E-state index is 0.0689. The average molecular weight is 468 g/mol. The van der Waals surface area contributed by atoms with Crippen LogP contribution in [-0.2, 0) is 11.4 Å². The standard InChI is InChI=1S/C23H22BrN3O3/c1-29-22-9-5-3-7-20(22)25-15-23(28)27-26-14-18-6-2-4-8-21(18)30-16-17-10-12-19(24)13-11-17/h2-14,25H,15-16H2,1H3,(H,27,28)/b26-14+. The Bertz CT molecular complexity index is 1010. The fourth-order valence-electron chi connectivity index (χ4n) is 2.64. The molecular formula is C23H22BrN3O3. The van der Waals surface area contributed by atoms with Gasteiger partial charge >= 0.3 is 0 Å². The molecule has 30 heavy (non-hydrogen) atoms. The van der Waals surface area contributed by atoms with Gasteiger partial charge in [0.05, 0.1) is 25.6 Å². The van der Waals surface area contributed by atoms with E-state index in [1.165, 1.54) is 0 Å². The molecule has 2 N–H and O–H groups in total. The van der Waals surface area contributed by atoms with Gasteiger partial charge in [0.25, 0.3) is 5.91 Å². The molecule has 0 heterocycles. The van der Waals surface area contributed by atoms with Crippen molar-refractivity contribution in [1.82, 2.24) is 5.43 Å². The Hall–Kier alpha value is -3.32. The van der Waals surface area contributed by atoms with E-state index in [0.717, 1.165) is 21.3 Å². The number of carbonyl (C=O) groups excluding carboxylic acids is 1. The second kappa shape index (κ2) is 11.0. The molecule has 1 amide bonds. The van der Waals surface area contributed by atoms with Crippen LogP contribution in [0.1, 0.15) is 11.1 Å². The summed E-state index contributed by atoms with van der Waals surface area (Å²) >= 11 is 3.42. The van der Waals surface area contributed by atoms with Crippen LogP contribution < -0.4 is 20.2 Å². The molecule has 0 fully saturated rings. The predicted molar refractivity (Wildman–Crippen MR) is 122 cm³/mol. The quantitative estimate of drug-likeness (QED) is 0.356. The number of hydrazone groups is 1. The molecule has 7 heteroatoms. The first-order chi connectivity index (χ1) is 14.7. The molecule has 0 aliphatic heterocycles. The summed E-state index contributed by atoms with van der Waals surface area (Å²) in [6.07, 6.45) is 1.57. The Balaban J connectivity index is 1.53. The van der Waals surface area contributed by atoms with E-state index in [0.29, 0.717) is 18.1 Å². The second-order valence-corrected chi connectivity index (χ2v) is 7.22. The second-order valence-electron chi connectivity index (χ2n) is 6.30. The van der Waals surface area contributed by atoms with Crippen molar-refractivity contribution in [1.29, 1.82) is 0 Å². The lowest BCUT2D eigenvalue weighted by Crippen LogP contribution is -2.26. The number of rotatable bonds is 9. The van der Waals surface area contributed by atoms with Crippen molar-refractivity contribution in [2.45, 2.75) is 6.61 Å². The van der Waals surface area contributed by atoms with Crippen LogP contribution in [0.4, 0.5) is 5.69 Å². The minimum Gasteiger partial charge on any atom is -0.495 e. The van der Waals surface area contributed by atoms with Crippen molar-refractivity contribution in [3.63, 3.8) is 0 Å². The molecule has 0 unspecified atom stereocenters. The monoisotopic (exact) mass is 467 g/mol. The summed E-state index contributed by atoms with van der Waals surface area (Å²) in [5, 5.41) is 7.07. The van der Waals surface area contributed by atoms with Crippen LogP contribution >= 0.6 is 15.9 Å². The first-order valence-corrected chi connectivity index (χ1v) is 10.1. The minimum atomic E-state index is -0.273. The highest BCUT2D eigenvalue weighted by molar-refractivity contribution is 9.10. The SMILES string of the molecule is COc1ccccc1NCC(=O)N/N=C/c1ccccc1OCc1ccc(Br)cc1. The van der Waals surface area contributed by atoms with Crippen LogP contribution in [0.5, 0.6) is 11.5 Å². The molecule has 0 spiro atoms. The number of hydrogen-bond donors (Lipinski definition) is 2. The molecule has 3 rings (SSSR count). The Morgan fingerprint density at radius 1 is 1.00 bits per heavy atom. The van der Waals surface area contributed by atoms with Crippen LogP contribution in [0.25, 0.3) is 0 Å². The molecule has 0 bridgehead atoms. The number of carbonyl (C=O) groups is 1.